The molecule has 6 nitrogen and oxygen atoms in total. The highest BCUT2D eigenvalue weighted by atomic mass is 32.1. The van der Waals surface area contributed by atoms with Gasteiger partial charge in [0.15, 0.2) is 0 Å². The molecule has 18 heavy (non-hydrogen) atoms. The Morgan fingerprint density at radius 2 is 2.50 bits per heavy atom. The molecule has 0 aromatic carbocycles. The van der Waals surface area contributed by atoms with E-state index in [0.717, 1.165) is 37.7 Å². The summed E-state index contributed by atoms with van der Waals surface area (Å²) in [6, 6.07) is 3.41. The van der Waals surface area contributed by atoms with Gasteiger partial charge in [0.2, 0.25) is 0 Å². The molecule has 100 valence electrons. The monoisotopic (exact) mass is 271 g/mol. The first-order valence-corrected chi connectivity index (χ1v) is 6.72. The molecule has 1 aromatic heterocycles. The highest BCUT2D eigenvalue weighted by Crippen LogP contribution is 2.25. The zero-order chi connectivity index (χ0) is 13.0. The summed E-state index contributed by atoms with van der Waals surface area (Å²) >= 11 is 1.25. The Kier molecular flexibility index (Phi) is 4.65. The molecular weight excluding hydrogens is 254 g/mol. The first-order chi connectivity index (χ1) is 8.69. The SMILES string of the molecule is CNCC1CN(Cc2ccc([N+](=O)[O-])s2)CCO1. The Labute approximate surface area is 110 Å². The van der Waals surface area contributed by atoms with Crippen LogP contribution in [0.1, 0.15) is 4.88 Å². The Balaban J connectivity index is 1.89. The van der Waals surface area contributed by atoms with Crippen LogP contribution in [0.2, 0.25) is 0 Å². The highest BCUT2D eigenvalue weighted by molar-refractivity contribution is 7.15. The molecule has 1 unspecified atom stereocenters. The molecule has 2 heterocycles. The zero-order valence-corrected chi connectivity index (χ0v) is 11.1. The minimum Gasteiger partial charge on any atom is -0.374 e. The van der Waals surface area contributed by atoms with Gasteiger partial charge in [-0.1, -0.05) is 11.3 Å². The van der Waals surface area contributed by atoms with Gasteiger partial charge in [-0.15, -0.1) is 0 Å². The third-order valence-corrected chi connectivity index (χ3v) is 3.88. The van der Waals surface area contributed by atoms with E-state index in [1.165, 1.54) is 11.3 Å². The normalized spacial score (nSPS) is 21.1. The highest BCUT2D eigenvalue weighted by Gasteiger charge is 2.21. The first kappa shape index (κ1) is 13.4. The molecule has 1 saturated heterocycles. The molecule has 1 fully saturated rings. The molecule has 0 radical (unpaired) electrons. The van der Waals surface area contributed by atoms with Gasteiger partial charge in [0.1, 0.15) is 0 Å². The molecule has 0 amide bonds. The summed E-state index contributed by atoms with van der Waals surface area (Å²) in [7, 11) is 1.91. The van der Waals surface area contributed by atoms with E-state index in [0.29, 0.717) is 0 Å². The van der Waals surface area contributed by atoms with Crippen molar-refractivity contribution in [2.45, 2.75) is 12.6 Å². The molecular formula is C11H17N3O3S. The molecule has 0 bridgehead atoms. The van der Waals surface area contributed by atoms with Gasteiger partial charge < -0.3 is 10.1 Å². The van der Waals surface area contributed by atoms with Gasteiger partial charge in [-0.2, -0.15) is 0 Å². The molecule has 1 aliphatic heterocycles. The van der Waals surface area contributed by atoms with Crippen LogP contribution in [0, 0.1) is 10.1 Å². The largest absolute Gasteiger partial charge is 0.374 e. The van der Waals surface area contributed by atoms with Gasteiger partial charge in [-0.3, -0.25) is 15.0 Å². The van der Waals surface area contributed by atoms with Gasteiger partial charge >= 0.3 is 5.00 Å². The van der Waals surface area contributed by atoms with Crippen molar-refractivity contribution in [1.29, 1.82) is 0 Å². The Morgan fingerprint density at radius 1 is 1.67 bits per heavy atom. The van der Waals surface area contributed by atoms with E-state index in [1.807, 2.05) is 13.1 Å². The van der Waals surface area contributed by atoms with Crippen molar-refractivity contribution < 1.29 is 9.66 Å². The summed E-state index contributed by atoms with van der Waals surface area (Å²) in [5.74, 6) is 0. The number of thiophene rings is 1. The van der Waals surface area contributed by atoms with E-state index in [9.17, 15) is 10.1 Å². The van der Waals surface area contributed by atoms with Crippen molar-refractivity contribution in [3.05, 3.63) is 27.1 Å². The summed E-state index contributed by atoms with van der Waals surface area (Å²) in [5.41, 5.74) is 0. The van der Waals surface area contributed by atoms with E-state index < -0.39 is 0 Å². The maximum atomic E-state index is 10.6. The Morgan fingerprint density at radius 3 is 3.17 bits per heavy atom. The van der Waals surface area contributed by atoms with Crippen molar-refractivity contribution in [2.24, 2.45) is 0 Å². The van der Waals surface area contributed by atoms with Crippen LogP contribution in [0.3, 0.4) is 0 Å². The molecule has 7 heteroatoms. The molecule has 1 N–H and O–H groups in total. The number of rotatable bonds is 5. The lowest BCUT2D eigenvalue weighted by molar-refractivity contribution is -0.380. The number of likely N-dealkylation sites (N-methyl/N-ethyl adjacent to an activating group) is 1. The van der Waals surface area contributed by atoms with E-state index in [4.69, 9.17) is 4.74 Å². The van der Waals surface area contributed by atoms with Crippen molar-refractivity contribution in [3.63, 3.8) is 0 Å². The number of morpholine rings is 1. The summed E-state index contributed by atoms with van der Waals surface area (Å²) in [6.45, 7) is 4.07. The maximum Gasteiger partial charge on any atom is 0.324 e. The molecule has 0 aliphatic carbocycles. The fourth-order valence-electron chi connectivity index (χ4n) is 2.05. The number of nitrogens with one attached hydrogen (secondary N) is 1. The van der Waals surface area contributed by atoms with Crippen LogP contribution in [0.25, 0.3) is 0 Å². The van der Waals surface area contributed by atoms with Gasteiger partial charge in [0, 0.05) is 37.1 Å². The second kappa shape index (κ2) is 6.24. The Hall–Kier alpha value is -1.02. The summed E-state index contributed by atoms with van der Waals surface area (Å²) in [5, 5.41) is 13.9. The predicted octanol–water partition coefficient (Wildman–Crippen LogP) is 1.08. The molecule has 1 aromatic rings. The van der Waals surface area contributed by atoms with Gasteiger partial charge in [0.25, 0.3) is 0 Å². The van der Waals surface area contributed by atoms with Crippen molar-refractivity contribution in [3.8, 4) is 0 Å². The number of ether oxygens (including phenoxy) is 1. The van der Waals surface area contributed by atoms with Crippen LogP contribution in [0.5, 0.6) is 0 Å². The first-order valence-electron chi connectivity index (χ1n) is 5.90. The average molecular weight is 271 g/mol. The standard InChI is InChI=1S/C11H17N3O3S/c1-12-6-9-7-13(4-5-17-9)8-10-2-3-11(18-10)14(15)16/h2-3,9,12H,4-8H2,1H3. The number of nitro groups is 1. The third kappa shape index (κ3) is 3.49. The lowest BCUT2D eigenvalue weighted by atomic mass is 10.2. The number of hydrogen-bond donors (Lipinski definition) is 1. The predicted molar refractivity (Wildman–Crippen MR) is 69.9 cm³/mol. The van der Waals surface area contributed by atoms with Crippen molar-refractivity contribution in [1.82, 2.24) is 10.2 Å². The van der Waals surface area contributed by atoms with E-state index >= 15 is 0 Å². The van der Waals surface area contributed by atoms with Crippen LogP contribution in [-0.2, 0) is 11.3 Å². The fraction of sp³-hybridized carbons (Fsp3) is 0.636. The van der Waals surface area contributed by atoms with E-state index in [2.05, 4.69) is 10.2 Å². The fourth-order valence-corrected chi connectivity index (χ4v) is 2.91. The van der Waals surface area contributed by atoms with Crippen LogP contribution in [-0.4, -0.2) is 49.2 Å². The summed E-state index contributed by atoms with van der Waals surface area (Å²) in [6.07, 6.45) is 0.207. The Bertz CT molecular complexity index is 408. The van der Waals surface area contributed by atoms with E-state index in [-0.39, 0.29) is 16.0 Å². The molecule has 2 rings (SSSR count). The second-order valence-electron chi connectivity index (χ2n) is 4.28. The maximum absolute atomic E-state index is 10.6. The van der Waals surface area contributed by atoms with E-state index in [1.54, 1.807) is 6.07 Å². The second-order valence-corrected chi connectivity index (χ2v) is 5.43. The lowest BCUT2D eigenvalue weighted by Gasteiger charge is -2.32. The third-order valence-electron chi connectivity index (χ3n) is 2.86. The van der Waals surface area contributed by atoms with Crippen molar-refractivity contribution in [2.75, 3.05) is 33.3 Å². The summed E-state index contributed by atoms with van der Waals surface area (Å²) in [4.78, 5) is 13.6. The smallest absolute Gasteiger partial charge is 0.324 e. The number of hydrogen-bond acceptors (Lipinski definition) is 6. The molecule has 0 saturated carbocycles. The average Bonchev–Trinajstić information content (AvgIpc) is 2.78. The van der Waals surface area contributed by atoms with Crippen LogP contribution in [0.15, 0.2) is 12.1 Å². The van der Waals surface area contributed by atoms with Gasteiger partial charge in [-0.25, -0.2) is 0 Å². The quantitative estimate of drug-likeness (QED) is 0.641. The minimum absolute atomic E-state index is 0.207. The van der Waals surface area contributed by atoms with Crippen LogP contribution in [0.4, 0.5) is 5.00 Å². The zero-order valence-electron chi connectivity index (χ0n) is 10.3. The lowest BCUT2D eigenvalue weighted by Crippen LogP contribution is -2.45. The minimum atomic E-state index is -0.336. The number of nitrogens with zero attached hydrogens (tertiary/aromatic N) is 2. The molecule has 0 spiro atoms. The van der Waals surface area contributed by atoms with Crippen LogP contribution < -0.4 is 5.32 Å². The molecule has 1 aliphatic rings. The molecule has 1 atom stereocenters. The van der Waals surface area contributed by atoms with Crippen molar-refractivity contribution >= 4 is 16.3 Å². The van der Waals surface area contributed by atoms with Gasteiger partial charge in [-0.05, 0) is 13.1 Å². The topological polar surface area (TPSA) is 67.6 Å². The van der Waals surface area contributed by atoms with Crippen LogP contribution >= 0.6 is 11.3 Å². The van der Waals surface area contributed by atoms with Gasteiger partial charge in [0.05, 0.1) is 17.6 Å². The summed E-state index contributed by atoms with van der Waals surface area (Å²) < 4.78 is 5.62.